The van der Waals surface area contributed by atoms with Crippen molar-refractivity contribution < 1.29 is 4.79 Å². The van der Waals surface area contributed by atoms with Crippen molar-refractivity contribution >= 4 is 27.8 Å². The molecule has 1 amide bonds. The molecule has 0 bridgehead atoms. The van der Waals surface area contributed by atoms with Crippen LogP contribution in [0, 0.1) is 5.41 Å². The lowest BCUT2D eigenvalue weighted by molar-refractivity contribution is -0.128. The minimum atomic E-state index is -0.500. The number of benzene rings is 1. The number of guanidine groups is 1. The minimum absolute atomic E-state index is 0.0383. The van der Waals surface area contributed by atoms with Crippen molar-refractivity contribution in [3.8, 4) is 0 Å². The topological polar surface area (TPSA) is 56.7 Å². The zero-order valence-electron chi connectivity index (χ0n) is 14.6. The van der Waals surface area contributed by atoms with Gasteiger partial charge in [0, 0.05) is 38.2 Å². The van der Waals surface area contributed by atoms with Crippen molar-refractivity contribution in [1.82, 2.24) is 15.5 Å². The van der Waals surface area contributed by atoms with E-state index in [1.807, 2.05) is 50.9 Å². The summed E-state index contributed by atoms with van der Waals surface area (Å²) in [5, 5.41) is 6.15. The fraction of sp³-hybridized carbons (Fsp3) is 0.529. The van der Waals surface area contributed by atoms with E-state index in [2.05, 4.69) is 37.6 Å². The number of aliphatic imine (C=N–C) groups is 1. The van der Waals surface area contributed by atoms with Crippen LogP contribution >= 0.6 is 15.9 Å². The van der Waals surface area contributed by atoms with Gasteiger partial charge in [0.05, 0.1) is 5.41 Å². The van der Waals surface area contributed by atoms with Gasteiger partial charge < -0.3 is 15.5 Å². The second-order valence-corrected chi connectivity index (χ2v) is 6.95. The Morgan fingerprint density at radius 1 is 1.30 bits per heavy atom. The third-order valence-electron chi connectivity index (χ3n) is 3.58. The molecule has 0 aliphatic rings. The molecule has 0 fully saturated rings. The van der Waals surface area contributed by atoms with Crippen LogP contribution in [0.5, 0.6) is 0 Å². The maximum atomic E-state index is 12.1. The van der Waals surface area contributed by atoms with Gasteiger partial charge in [0.2, 0.25) is 5.91 Å². The number of amides is 1. The Morgan fingerprint density at radius 3 is 2.52 bits per heavy atom. The van der Waals surface area contributed by atoms with E-state index in [4.69, 9.17) is 0 Å². The van der Waals surface area contributed by atoms with E-state index in [0.29, 0.717) is 13.1 Å². The van der Waals surface area contributed by atoms with Crippen LogP contribution in [0.1, 0.15) is 26.3 Å². The van der Waals surface area contributed by atoms with Gasteiger partial charge in [-0.1, -0.05) is 34.1 Å². The summed E-state index contributed by atoms with van der Waals surface area (Å²) in [5.74, 6) is 0.800. The molecule has 0 heterocycles. The van der Waals surface area contributed by atoms with Crippen LogP contribution in [-0.4, -0.2) is 44.0 Å². The molecule has 0 aliphatic heterocycles. The van der Waals surface area contributed by atoms with E-state index >= 15 is 0 Å². The lowest BCUT2D eigenvalue weighted by Gasteiger charge is -2.28. The Morgan fingerprint density at radius 2 is 1.96 bits per heavy atom. The molecule has 1 aromatic carbocycles. The zero-order valence-corrected chi connectivity index (χ0v) is 16.2. The number of hydrogen-bond donors (Lipinski definition) is 2. The molecule has 23 heavy (non-hydrogen) atoms. The predicted octanol–water partition coefficient (Wildman–Crippen LogP) is 2.62. The monoisotopic (exact) mass is 382 g/mol. The molecule has 1 rings (SSSR count). The summed E-state index contributed by atoms with van der Waals surface area (Å²) >= 11 is 3.56. The van der Waals surface area contributed by atoms with Gasteiger partial charge in [0.1, 0.15) is 0 Å². The van der Waals surface area contributed by atoms with Crippen molar-refractivity contribution in [2.75, 3.05) is 27.2 Å². The number of nitrogens with one attached hydrogen (secondary N) is 2. The molecule has 0 saturated carbocycles. The predicted molar refractivity (Wildman–Crippen MR) is 99.4 cm³/mol. The Hall–Kier alpha value is -1.56. The van der Waals surface area contributed by atoms with Crippen LogP contribution in [0.4, 0.5) is 0 Å². The first kappa shape index (κ1) is 19.5. The average molecular weight is 383 g/mol. The van der Waals surface area contributed by atoms with Gasteiger partial charge in [-0.25, -0.2) is 0 Å². The summed E-state index contributed by atoms with van der Waals surface area (Å²) in [4.78, 5) is 18.4. The van der Waals surface area contributed by atoms with E-state index < -0.39 is 5.41 Å². The van der Waals surface area contributed by atoms with Crippen LogP contribution in [-0.2, 0) is 11.3 Å². The number of hydrogen-bond acceptors (Lipinski definition) is 2. The summed E-state index contributed by atoms with van der Waals surface area (Å²) in [6.45, 7) is 7.65. The second-order valence-electron chi connectivity index (χ2n) is 6.09. The summed E-state index contributed by atoms with van der Waals surface area (Å²) in [6.07, 6.45) is 0. The number of carbonyl (C=O) groups excluding carboxylic acids is 1. The maximum Gasteiger partial charge on any atom is 0.227 e. The summed E-state index contributed by atoms with van der Waals surface area (Å²) in [5.41, 5.74) is 0.682. The van der Waals surface area contributed by atoms with Crippen LogP contribution in [0.3, 0.4) is 0 Å². The molecule has 0 saturated heterocycles. The summed E-state index contributed by atoms with van der Waals surface area (Å²) in [6, 6.07) is 8.11. The summed E-state index contributed by atoms with van der Waals surface area (Å²) < 4.78 is 1.07. The zero-order chi connectivity index (χ0) is 17.5. The lowest BCUT2D eigenvalue weighted by Crippen LogP contribution is -2.48. The minimum Gasteiger partial charge on any atom is -0.356 e. The first-order valence-electron chi connectivity index (χ1n) is 7.75. The van der Waals surface area contributed by atoms with Gasteiger partial charge >= 0.3 is 0 Å². The molecule has 2 N–H and O–H groups in total. The standard InChI is InChI=1S/C17H27BrN4O/c1-6-20-15(23)17(2,3)12-21-16(19-4)22(5)11-13-9-7-8-10-14(13)18/h7-10H,6,11-12H2,1-5H3,(H,19,21)(H,20,23). The van der Waals surface area contributed by atoms with Gasteiger partial charge in [-0.3, -0.25) is 9.79 Å². The SMILES string of the molecule is CCNC(=O)C(C)(C)CNC(=NC)N(C)Cc1ccccc1Br. The van der Waals surface area contributed by atoms with Crippen molar-refractivity contribution in [3.05, 3.63) is 34.3 Å². The van der Waals surface area contributed by atoms with Gasteiger partial charge in [0.15, 0.2) is 5.96 Å². The van der Waals surface area contributed by atoms with Crippen LogP contribution in [0.25, 0.3) is 0 Å². The van der Waals surface area contributed by atoms with Crippen molar-refractivity contribution in [3.63, 3.8) is 0 Å². The van der Waals surface area contributed by atoms with Crippen LogP contribution < -0.4 is 10.6 Å². The smallest absolute Gasteiger partial charge is 0.227 e. The molecule has 0 aliphatic carbocycles. The number of halogens is 1. The van der Waals surface area contributed by atoms with E-state index in [0.717, 1.165) is 17.0 Å². The number of carbonyl (C=O) groups is 1. The van der Waals surface area contributed by atoms with E-state index in [9.17, 15) is 4.79 Å². The molecular weight excluding hydrogens is 356 g/mol. The molecule has 0 spiro atoms. The van der Waals surface area contributed by atoms with E-state index in [1.165, 1.54) is 5.56 Å². The first-order valence-corrected chi connectivity index (χ1v) is 8.54. The normalized spacial score (nSPS) is 12.0. The third-order valence-corrected chi connectivity index (χ3v) is 4.35. The molecule has 0 aromatic heterocycles. The van der Waals surface area contributed by atoms with Gasteiger partial charge in [0.25, 0.3) is 0 Å². The van der Waals surface area contributed by atoms with Crippen molar-refractivity contribution in [2.24, 2.45) is 10.4 Å². The highest BCUT2D eigenvalue weighted by molar-refractivity contribution is 9.10. The molecule has 0 atom stereocenters. The highest BCUT2D eigenvalue weighted by Crippen LogP contribution is 2.18. The fourth-order valence-corrected chi connectivity index (χ4v) is 2.53. The van der Waals surface area contributed by atoms with E-state index in [1.54, 1.807) is 7.05 Å². The maximum absolute atomic E-state index is 12.1. The Kier molecular flexibility index (Phi) is 7.55. The highest BCUT2D eigenvalue weighted by Gasteiger charge is 2.27. The number of nitrogens with zero attached hydrogens (tertiary/aromatic N) is 2. The average Bonchev–Trinajstić information content (AvgIpc) is 2.50. The van der Waals surface area contributed by atoms with Gasteiger partial charge in [-0.15, -0.1) is 0 Å². The molecule has 5 nitrogen and oxygen atoms in total. The lowest BCUT2D eigenvalue weighted by atomic mass is 9.92. The van der Waals surface area contributed by atoms with Crippen LogP contribution in [0.2, 0.25) is 0 Å². The molecule has 6 heteroatoms. The van der Waals surface area contributed by atoms with Crippen LogP contribution in [0.15, 0.2) is 33.7 Å². The Balaban J connectivity index is 2.67. The van der Waals surface area contributed by atoms with Gasteiger partial charge in [-0.05, 0) is 32.4 Å². The molecule has 128 valence electrons. The fourth-order valence-electron chi connectivity index (χ4n) is 2.12. The molecular formula is C17H27BrN4O. The quantitative estimate of drug-likeness (QED) is 0.587. The largest absolute Gasteiger partial charge is 0.356 e. The molecule has 0 radical (unpaired) electrons. The van der Waals surface area contributed by atoms with Gasteiger partial charge in [-0.2, -0.15) is 0 Å². The molecule has 1 aromatic rings. The highest BCUT2D eigenvalue weighted by atomic mass is 79.9. The Labute approximate surface area is 147 Å². The van der Waals surface area contributed by atoms with Crippen molar-refractivity contribution in [1.29, 1.82) is 0 Å². The Bertz CT molecular complexity index is 557. The van der Waals surface area contributed by atoms with Crippen molar-refractivity contribution in [2.45, 2.75) is 27.3 Å². The summed E-state index contributed by atoms with van der Waals surface area (Å²) in [7, 11) is 3.73. The van der Waals surface area contributed by atoms with E-state index in [-0.39, 0.29) is 5.91 Å². The molecule has 0 unspecified atom stereocenters. The third kappa shape index (κ3) is 5.86. The second kappa shape index (κ2) is 8.91. The first-order chi connectivity index (χ1) is 10.8. The number of rotatable bonds is 6.